The van der Waals surface area contributed by atoms with Crippen molar-refractivity contribution in [1.82, 2.24) is 10.6 Å². The molecule has 0 aromatic heterocycles. The molecule has 0 aromatic carbocycles. The third kappa shape index (κ3) is 10.8. The van der Waals surface area contributed by atoms with Crippen LogP contribution in [0.5, 0.6) is 0 Å². The van der Waals surface area contributed by atoms with Gasteiger partial charge in [-0.05, 0) is 13.0 Å². The van der Waals surface area contributed by atoms with Gasteiger partial charge in [0.2, 0.25) is 5.91 Å². The summed E-state index contributed by atoms with van der Waals surface area (Å²) in [7, 11) is -2.92. The number of rotatable bonds is 7. The minimum absolute atomic E-state index is 0.0101. The summed E-state index contributed by atoms with van der Waals surface area (Å²) in [6.45, 7) is 0.558. The molecule has 0 bridgehead atoms. The highest BCUT2D eigenvalue weighted by atomic mass is 32.2. The van der Waals surface area contributed by atoms with Crippen molar-refractivity contribution in [3.05, 3.63) is 0 Å². The van der Waals surface area contributed by atoms with Gasteiger partial charge < -0.3 is 10.6 Å². The summed E-state index contributed by atoms with van der Waals surface area (Å²) in [5.41, 5.74) is 0. The van der Waals surface area contributed by atoms with E-state index in [4.69, 9.17) is 5.26 Å². The Morgan fingerprint density at radius 3 is 2.67 bits per heavy atom. The van der Waals surface area contributed by atoms with E-state index in [1.165, 1.54) is 6.26 Å². The van der Waals surface area contributed by atoms with Crippen LogP contribution in [-0.4, -0.2) is 46.0 Å². The molecular weight excluding hydrogens is 218 g/mol. The van der Waals surface area contributed by atoms with E-state index in [1.54, 1.807) is 6.07 Å². The Hall–Kier alpha value is -1.13. The van der Waals surface area contributed by atoms with E-state index in [2.05, 4.69) is 10.6 Å². The van der Waals surface area contributed by atoms with Gasteiger partial charge in [-0.2, -0.15) is 5.26 Å². The van der Waals surface area contributed by atoms with Crippen molar-refractivity contribution in [2.75, 3.05) is 31.6 Å². The maximum absolute atomic E-state index is 10.9. The fourth-order valence-electron chi connectivity index (χ4n) is 0.862. The fraction of sp³-hybridized carbons (Fsp3) is 0.750. The predicted molar refractivity (Wildman–Crippen MR) is 55.8 cm³/mol. The zero-order chi connectivity index (χ0) is 11.7. The topological polar surface area (TPSA) is 99.1 Å². The van der Waals surface area contributed by atoms with Crippen LogP contribution in [0.3, 0.4) is 0 Å². The number of amides is 1. The lowest BCUT2D eigenvalue weighted by Gasteiger charge is -2.03. The monoisotopic (exact) mass is 233 g/mol. The molecule has 86 valence electrons. The number of hydrogen-bond acceptors (Lipinski definition) is 5. The van der Waals surface area contributed by atoms with Gasteiger partial charge in [0, 0.05) is 6.26 Å². The first kappa shape index (κ1) is 13.9. The van der Waals surface area contributed by atoms with Gasteiger partial charge in [-0.25, -0.2) is 8.42 Å². The molecular formula is C8H15N3O3S. The molecule has 0 fully saturated rings. The number of carbonyl (C=O) groups excluding carboxylic acids is 1. The molecule has 0 radical (unpaired) electrons. The summed E-state index contributed by atoms with van der Waals surface area (Å²) in [6.07, 6.45) is 1.65. The van der Waals surface area contributed by atoms with Crippen molar-refractivity contribution in [3.8, 4) is 6.07 Å². The molecule has 0 aromatic rings. The first-order chi connectivity index (χ1) is 6.95. The van der Waals surface area contributed by atoms with Crippen molar-refractivity contribution in [1.29, 1.82) is 5.26 Å². The minimum Gasteiger partial charge on any atom is -0.342 e. The van der Waals surface area contributed by atoms with Gasteiger partial charge in [-0.3, -0.25) is 4.79 Å². The van der Waals surface area contributed by atoms with Crippen molar-refractivity contribution >= 4 is 15.7 Å². The van der Waals surface area contributed by atoms with Crippen LogP contribution in [0.25, 0.3) is 0 Å². The molecule has 0 heterocycles. The van der Waals surface area contributed by atoms with Gasteiger partial charge in [-0.1, -0.05) is 0 Å². The van der Waals surface area contributed by atoms with Crippen LogP contribution in [0.4, 0.5) is 0 Å². The minimum atomic E-state index is -2.92. The van der Waals surface area contributed by atoms with E-state index >= 15 is 0 Å². The average molecular weight is 233 g/mol. The van der Waals surface area contributed by atoms with E-state index in [-0.39, 0.29) is 24.7 Å². The maximum Gasteiger partial charge on any atom is 0.234 e. The van der Waals surface area contributed by atoms with Crippen molar-refractivity contribution in [2.45, 2.75) is 6.42 Å². The molecule has 0 aliphatic heterocycles. The molecule has 1 amide bonds. The quantitative estimate of drug-likeness (QED) is 0.418. The van der Waals surface area contributed by atoms with Crippen LogP contribution in [0.15, 0.2) is 0 Å². The normalized spacial score (nSPS) is 10.7. The highest BCUT2D eigenvalue weighted by Crippen LogP contribution is 1.86. The molecule has 0 rings (SSSR count). The van der Waals surface area contributed by atoms with Crippen LogP contribution in [-0.2, 0) is 14.6 Å². The van der Waals surface area contributed by atoms with E-state index in [9.17, 15) is 13.2 Å². The molecule has 0 unspecified atom stereocenters. The molecule has 0 spiro atoms. The smallest absolute Gasteiger partial charge is 0.234 e. The second-order valence-corrected chi connectivity index (χ2v) is 5.35. The van der Waals surface area contributed by atoms with Crippen LogP contribution in [0, 0.1) is 11.3 Å². The van der Waals surface area contributed by atoms with Gasteiger partial charge in [-0.15, -0.1) is 0 Å². The summed E-state index contributed by atoms with van der Waals surface area (Å²) in [6, 6.07) is 1.78. The lowest BCUT2D eigenvalue weighted by molar-refractivity contribution is -0.120. The van der Waals surface area contributed by atoms with Crippen LogP contribution < -0.4 is 10.6 Å². The van der Waals surface area contributed by atoms with Crippen LogP contribution in [0.2, 0.25) is 0 Å². The number of carbonyl (C=O) groups is 1. The Kier molecular flexibility index (Phi) is 6.66. The van der Waals surface area contributed by atoms with E-state index < -0.39 is 9.84 Å². The number of nitriles is 1. The summed E-state index contributed by atoms with van der Waals surface area (Å²) in [5, 5.41) is 13.3. The second kappa shape index (κ2) is 7.20. The predicted octanol–water partition coefficient (Wildman–Crippen LogP) is -1.35. The number of hydrogen-bond donors (Lipinski definition) is 2. The summed E-state index contributed by atoms with van der Waals surface area (Å²) in [5.74, 6) is -0.157. The maximum atomic E-state index is 10.9. The highest BCUT2D eigenvalue weighted by Gasteiger charge is 2.02. The van der Waals surface area contributed by atoms with Crippen molar-refractivity contribution in [3.63, 3.8) is 0 Å². The summed E-state index contributed by atoms with van der Waals surface area (Å²) in [4.78, 5) is 10.9. The Labute approximate surface area is 89.6 Å². The zero-order valence-electron chi connectivity index (χ0n) is 8.62. The molecule has 0 saturated heterocycles. The first-order valence-corrected chi connectivity index (χ1v) is 6.54. The molecule has 7 heteroatoms. The first-order valence-electron chi connectivity index (χ1n) is 4.48. The van der Waals surface area contributed by atoms with Crippen molar-refractivity contribution < 1.29 is 13.2 Å². The Morgan fingerprint density at radius 1 is 1.47 bits per heavy atom. The zero-order valence-corrected chi connectivity index (χ0v) is 9.43. The lowest BCUT2D eigenvalue weighted by Crippen LogP contribution is -2.34. The van der Waals surface area contributed by atoms with E-state index in [1.807, 2.05) is 0 Å². The van der Waals surface area contributed by atoms with Gasteiger partial charge >= 0.3 is 0 Å². The SMILES string of the molecule is CS(=O)(=O)CCCNCC(=O)NCC#N. The van der Waals surface area contributed by atoms with E-state index in [0.717, 1.165) is 0 Å². The average Bonchev–Trinajstić information content (AvgIpc) is 2.12. The van der Waals surface area contributed by atoms with Gasteiger partial charge in [0.1, 0.15) is 16.4 Å². The van der Waals surface area contributed by atoms with Crippen LogP contribution in [0.1, 0.15) is 6.42 Å². The summed E-state index contributed by atoms with van der Waals surface area (Å²) >= 11 is 0. The number of nitrogens with one attached hydrogen (secondary N) is 2. The lowest BCUT2D eigenvalue weighted by atomic mass is 10.4. The molecule has 0 saturated carbocycles. The highest BCUT2D eigenvalue weighted by molar-refractivity contribution is 7.90. The summed E-state index contributed by atoms with van der Waals surface area (Å²) < 4.78 is 21.5. The van der Waals surface area contributed by atoms with E-state index in [0.29, 0.717) is 13.0 Å². The third-order valence-electron chi connectivity index (χ3n) is 1.52. The second-order valence-electron chi connectivity index (χ2n) is 3.10. The molecule has 2 N–H and O–H groups in total. The number of sulfone groups is 1. The largest absolute Gasteiger partial charge is 0.342 e. The van der Waals surface area contributed by atoms with Gasteiger partial charge in [0.15, 0.2) is 0 Å². The van der Waals surface area contributed by atoms with Gasteiger partial charge in [0.25, 0.3) is 0 Å². The molecule has 0 atom stereocenters. The van der Waals surface area contributed by atoms with Gasteiger partial charge in [0.05, 0.1) is 18.4 Å². The Bertz CT molecular complexity index is 332. The number of nitrogens with zero attached hydrogens (tertiary/aromatic N) is 1. The molecule has 15 heavy (non-hydrogen) atoms. The Balaban J connectivity index is 3.40. The standard InChI is InChI=1S/C8H15N3O3S/c1-15(13,14)6-2-4-10-7-8(12)11-5-3-9/h10H,2,4-7H2,1H3,(H,11,12). The van der Waals surface area contributed by atoms with Crippen molar-refractivity contribution in [2.24, 2.45) is 0 Å². The molecule has 0 aliphatic rings. The molecule has 6 nitrogen and oxygen atoms in total. The molecule has 0 aliphatic carbocycles. The fourth-order valence-corrected chi connectivity index (χ4v) is 1.53. The third-order valence-corrected chi connectivity index (χ3v) is 2.55. The van der Waals surface area contributed by atoms with Crippen LogP contribution >= 0.6 is 0 Å². The Morgan fingerprint density at radius 2 is 2.13 bits per heavy atom.